The van der Waals surface area contributed by atoms with Gasteiger partial charge in [-0.15, -0.1) is 24.8 Å². The molecule has 0 aromatic heterocycles. The molecule has 0 aromatic carbocycles. The Bertz CT molecular complexity index is 295. The van der Waals surface area contributed by atoms with Crippen molar-refractivity contribution in [3.8, 4) is 0 Å². The molecule has 0 spiro atoms. The molecule has 3 N–H and O–H groups in total. The lowest BCUT2D eigenvalue weighted by molar-refractivity contribution is -0.133. The molecule has 1 fully saturated rings. The molecule has 120 valence electrons. The predicted molar refractivity (Wildman–Crippen MR) is 84.5 cm³/mol. The Morgan fingerprint density at radius 3 is 2.15 bits per heavy atom. The molecule has 1 rings (SSSR count). The molecule has 2 amide bonds. The van der Waals surface area contributed by atoms with Gasteiger partial charge in [-0.05, 0) is 13.8 Å². The zero-order valence-electron chi connectivity index (χ0n) is 12.1. The highest BCUT2D eigenvalue weighted by atomic mass is 35.5. The molecule has 20 heavy (non-hydrogen) atoms. The summed E-state index contributed by atoms with van der Waals surface area (Å²) in [5, 5.41) is 2.87. The van der Waals surface area contributed by atoms with Gasteiger partial charge in [-0.2, -0.15) is 0 Å². The van der Waals surface area contributed by atoms with Gasteiger partial charge in [-0.25, -0.2) is 0 Å². The average Bonchev–Trinajstić information content (AvgIpc) is 2.29. The summed E-state index contributed by atoms with van der Waals surface area (Å²) in [7, 11) is 0. The topological polar surface area (TPSA) is 78.7 Å². The van der Waals surface area contributed by atoms with Gasteiger partial charge in [0.1, 0.15) is 0 Å². The molecule has 0 radical (unpaired) electrons. The monoisotopic (exact) mass is 328 g/mol. The van der Waals surface area contributed by atoms with Crippen molar-refractivity contribution >= 4 is 36.6 Å². The van der Waals surface area contributed by atoms with E-state index < -0.39 is 0 Å². The van der Waals surface area contributed by atoms with E-state index in [0.29, 0.717) is 32.6 Å². The predicted octanol–water partition coefficient (Wildman–Crippen LogP) is -0.152. The van der Waals surface area contributed by atoms with E-state index in [1.807, 2.05) is 18.7 Å². The van der Waals surface area contributed by atoms with E-state index in [4.69, 9.17) is 5.73 Å². The lowest BCUT2D eigenvalue weighted by Gasteiger charge is -2.34. The summed E-state index contributed by atoms with van der Waals surface area (Å²) in [4.78, 5) is 27.1. The number of nitrogens with two attached hydrogens (primary N) is 1. The summed E-state index contributed by atoms with van der Waals surface area (Å²) in [5.41, 5.74) is 5.36. The molecular formula is C12H26Cl2N4O2. The highest BCUT2D eigenvalue weighted by Gasteiger charge is 2.21. The lowest BCUT2D eigenvalue weighted by atomic mass is 10.2. The second-order valence-electron chi connectivity index (χ2n) is 4.92. The fourth-order valence-electron chi connectivity index (χ4n) is 2.01. The van der Waals surface area contributed by atoms with Gasteiger partial charge in [0.2, 0.25) is 11.8 Å². The van der Waals surface area contributed by atoms with Gasteiger partial charge in [0.25, 0.3) is 0 Å². The molecule has 1 saturated heterocycles. The van der Waals surface area contributed by atoms with Crippen LogP contribution in [-0.2, 0) is 9.59 Å². The fraction of sp³-hybridized carbons (Fsp3) is 0.833. The van der Waals surface area contributed by atoms with Crippen LogP contribution in [0.4, 0.5) is 0 Å². The van der Waals surface area contributed by atoms with E-state index in [2.05, 4.69) is 10.2 Å². The second kappa shape index (κ2) is 11.1. The maximum Gasteiger partial charge on any atom is 0.234 e. The van der Waals surface area contributed by atoms with Crippen LogP contribution in [0.25, 0.3) is 0 Å². The minimum atomic E-state index is 0. The summed E-state index contributed by atoms with van der Waals surface area (Å²) in [5.74, 6) is 0.163. The fourth-order valence-corrected chi connectivity index (χ4v) is 2.01. The summed E-state index contributed by atoms with van der Waals surface area (Å²) in [6, 6.07) is 0.171. The Labute approximate surface area is 133 Å². The number of nitrogens with one attached hydrogen (secondary N) is 1. The number of carbonyl (C=O) groups is 2. The van der Waals surface area contributed by atoms with Gasteiger partial charge in [0.15, 0.2) is 0 Å². The smallest absolute Gasteiger partial charge is 0.234 e. The van der Waals surface area contributed by atoms with Gasteiger partial charge in [0.05, 0.1) is 6.54 Å². The number of hydrogen-bond donors (Lipinski definition) is 2. The van der Waals surface area contributed by atoms with Gasteiger partial charge >= 0.3 is 0 Å². The van der Waals surface area contributed by atoms with E-state index in [9.17, 15) is 9.59 Å². The molecule has 0 aromatic rings. The number of halogens is 2. The average molecular weight is 329 g/mol. The minimum Gasteiger partial charge on any atom is -0.353 e. The first-order valence-corrected chi connectivity index (χ1v) is 6.52. The second-order valence-corrected chi connectivity index (χ2v) is 4.92. The molecule has 8 heteroatoms. The summed E-state index contributed by atoms with van der Waals surface area (Å²) >= 11 is 0. The van der Waals surface area contributed by atoms with Crippen LogP contribution in [0.5, 0.6) is 0 Å². The van der Waals surface area contributed by atoms with Crippen molar-refractivity contribution in [1.29, 1.82) is 0 Å². The maximum absolute atomic E-state index is 11.6. The summed E-state index contributed by atoms with van der Waals surface area (Å²) in [6.45, 7) is 7.58. The first-order valence-electron chi connectivity index (χ1n) is 6.52. The first-order chi connectivity index (χ1) is 8.52. The molecule has 6 nitrogen and oxygen atoms in total. The Morgan fingerprint density at radius 1 is 1.15 bits per heavy atom. The van der Waals surface area contributed by atoms with Crippen LogP contribution < -0.4 is 11.1 Å². The van der Waals surface area contributed by atoms with Crippen molar-refractivity contribution in [1.82, 2.24) is 15.1 Å². The molecule has 1 aliphatic heterocycles. The van der Waals surface area contributed by atoms with Crippen LogP contribution in [0.1, 0.15) is 20.3 Å². The standard InChI is InChI=1S/C12H24N4O2.2ClH/c1-10(2)14-11(17)9-15-5-7-16(8-6-15)12(18)3-4-13;;/h10H,3-9,13H2,1-2H3,(H,14,17);2*1H. The Morgan fingerprint density at radius 2 is 1.70 bits per heavy atom. The van der Waals surface area contributed by atoms with E-state index in [1.54, 1.807) is 0 Å². The minimum absolute atomic E-state index is 0. The van der Waals surface area contributed by atoms with Gasteiger partial charge in [-0.3, -0.25) is 14.5 Å². The molecule has 0 saturated carbocycles. The lowest BCUT2D eigenvalue weighted by Crippen LogP contribution is -2.51. The zero-order valence-corrected chi connectivity index (χ0v) is 13.8. The number of rotatable bonds is 5. The van der Waals surface area contributed by atoms with Crippen molar-refractivity contribution in [2.75, 3.05) is 39.3 Å². The largest absolute Gasteiger partial charge is 0.353 e. The van der Waals surface area contributed by atoms with E-state index >= 15 is 0 Å². The third kappa shape index (κ3) is 7.89. The third-order valence-corrected chi connectivity index (χ3v) is 2.90. The van der Waals surface area contributed by atoms with Crippen molar-refractivity contribution in [2.45, 2.75) is 26.3 Å². The van der Waals surface area contributed by atoms with Crippen molar-refractivity contribution in [3.05, 3.63) is 0 Å². The van der Waals surface area contributed by atoms with E-state index in [1.165, 1.54) is 0 Å². The molecule has 0 bridgehead atoms. The Balaban J connectivity index is 0. The van der Waals surface area contributed by atoms with Crippen LogP contribution in [-0.4, -0.2) is 66.9 Å². The van der Waals surface area contributed by atoms with Gasteiger partial charge in [0, 0.05) is 45.2 Å². The molecule has 0 aliphatic carbocycles. The van der Waals surface area contributed by atoms with Crippen molar-refractivity contribution < 1.29 is 9.59 Å². The normalized spacial score (nSPS) is 15.3. The molecular weight excluding hydrogens is 303 g/mol. The number of carbonyl (C=O) groups excluding carboxylic acids is 2. The van der Waals surface area contributed by atoms with Crippen LogP contribution in [0.15, 0.2) is 0 Å². The Hall–Kier alpha value is -0.560. The third-order valence-electron chi connectivity index (χ3n) is 2.90. The number of piperazine rings is 1. The van der Waals surface area contributed by atoms with E-state index in [-0.39, 0.29) is 42.7 Å². The van der Waals surface area contributed by atoms with Crippen molar-refractivity contribution in [2.24, 2.45) is 5.73 Å². The van der Waals surface area contributed by atoms with Gasteiger partial charge in [-0.1, -0.05) is 0 Å². The molecule has 0 unspecified atom stereocenters. The quantitative estimate of drug-likeness (QED) is 0.735. The summed E-state index contributed by atoms with van der Waals surface area (Å²) < 4.78 is 0. The molecule has 0 atom stereocenters. The van der Waals surface area contributed by atoms with Crippen LogP contribution >= 0.6 is 24.8 Å². The zero-order chi connectivity index (χ0) is 13.5. The van der Waals surface area contributed by atoms with Crippen LogP contribution in [0, 0.1) is 0 Å². The first kappa shape index (κ1) is 21.7. The van der Waals surface area contributed by atoms with Crippen LogP contribution in [0.3, 0.4) is 0 Å². The highest BCUT2D eigenvalue weighted by Crippen LogP contribution is 2.03. The number of hydrogen-bond acceptors (Lipinski definition) is 4. The maximum atomic E-state index is 11.6. The Kier molecular flexibility index (Phi) is 12.1. The van der Waals surface area contributed by atoms with Crippen LogP contribution in [0.2, 0.25) is 0 Å². The SMILES string of the molecule is CC(C)NC(=O)CN1CCN(C(=O)CCN)CC1.Cl.Cl. The van der Waals surface area contributed by atoms with E-state index in [0.717, 1.165) is 13.1 Å². The number of nitrogens with zero attached hydrogens (tertiary/aromatic N) is 2. The highest BCUT2D eigenvalue weighted by molar-refractivity contribution is 5.85. The van der Waals surface area contributed by atoms with Crippen molar-refractivity contribution in [3.63, 3.8) is 0 Å². The molecule has 1 heterocycles. The summed E-state index contributed by atoms with van der Waals surface area (Å²) in [6.07, 6.45) is 0.411. The molecule has 1 aliphatic rings. The number of amides is 2. The van der Waals surface area contributed by atoms with Gasteiger partial charge < -0.3 is 16.0 Å².